The number of anilines is 1. The summed E-state index contributed by atoms with van der Waals surface area (Å²) in [5.74, 6) is 0.0187. The number of pyridine rings is 1. The quantitative estimate of drug-likeness (QED) is 0.697. The van der Waals surface area contributed by atoms with E-state index in [1.54, 1.807) is 12.1 Å². The van der Waals surface area contributed by atoms with Gasteiger partial charge in [0.25, 0.3) is 5.91 Å². The molecule has 0 saturated heterocycles. The van der Waals surface area contributed by atoms with Crippen LogP contribution in [0, 0.1) is 0 Å². The van der Waals surface area contributed by atoms with Crippen LogP contribution in [0.4, 0.5) is 5.69 Å². The Kier molecular flexibility index (Phi) is 7.11. The topological polar surface area (TPSA) is 71.5 Å². The van der Waals surface area contributed by atoms with Gasteiger partial charge in [-0.1, -0.05) is 33.1 Å². The van der Waals surface area contributed by atoms with Gasteiger partial charge in [-0.25, -0.2) is 4.98 Å². The lowest BCUT2D eigenvalue weighted by Crippen LogP contribution is -2.42. The number of carbonyl (C=O) groups excluding carboxylic acids is 1. The first kappa shape index (κ1) is 17.9. The van der Waals surface area contributed by atoms with E-state index < -0.39 is 5.60 Å². The molecule has 0 fully saturated rings. The van der Waals surface area contributed by atoms with Crippen molar-refractivity contribution >= 4 is 27.5 Å². The third-order valence-corrected chi connectivity index (χ3v) is 3.67. The second-order valence-electron chi connectivity index (χ2n) is 5.06. The Balaban J connectivity index is 2.88. The molecule has 1 aromatic rings. The van der Waals surface area contributed by atoms with Gasteiger partial charge >= 0.3 is 0 Å². The number of methoxy groups -OCH3 is 1. The summed E-state index contributed by atoms with van der Waals surface area (Å²) in [4.78, 5) is 16.5. The zero-order valence-electron chi connectivity index (χ0n) is 12.8. The lowest BCUT2D eigenvalue weighted by Gasteiger charge is -2.26. The number of unbranched alkanes of at least 4 members (excludes halogenated alkanes) is 1. The Hall–Kier alpha value is -1.14. The van der Waals surface area contributed by atoms with Gasteiger partial charge in [-0.3, -0.25) is 4.79 Å². The molecule has 0 spiro atoms. The fourth-order valence-corrected chi connectivity index (χ4v) is 2.55. The third-order valence-electron chi connectivity index (χ3n) is 3.27. The monoisotopic (exact) mass is 358 g/mol. The highest BCUT2D eigenvalue weighted by Gasteiger charge is 2.34. The van der Waals surface area contributed by atoms with Crippen molar-refractivity contribution in [2.75, 3.05) is 12.4 Å². The molecule has 21 heavy (non-hydrogen) atoms. The first-order valence-corrected chi connectivity index (χ1v) is 8.00. The normalized spacial score (nSPS) is 13.6. The maximum absolute atomic E-state index is 12.4. The van der Waals surface area contributed by atoms with E-state index in [0.29, 0.717) is 29.0 Å². The average Bonchev–Trinajstić information content (AvgIpc) is 2.44. The highest BCUT2D eigenvalue weighted by Crippen LogP contribution is 2.25. The average molecular weight is 359 g/mol. The number of rotatable bonds is 8. The molecule has 1 atom stereocenters. The lowest BCUT2D eigenvalue weighted by atomic mass is 9.90. The number of aliphatic hydroxyl groups is 1. The standard InChI is InChI=1S/C15H23BrN2O3/c1-4-6-8-15(20,7-5-2)14(19)17-11-9-12(16)18-13(10-11)21-3/h9-10,20H,4-8H2,1-3H3,(H,17,18,19). The molecule has 5 nitrogen and oxygen atoms in total. The molecule has 2 N–H and O–H groups in total. The highest BCUT2D eigenvalue weighted by atomic mass is 79.9. The van der Waals surface area contributed by atoms with Crippen molar-refractivity contribution in [3.63, 3.8) is 0 Å². The largest absolute Gasteiger partial charge is 0.481 e. The maximum Gasteiger partial charge on any atom is 0.256 e. The van der Waals surface area contributed by atoms with E-state index in [1.165, 1.54) is 7.11 Å². The number of aromatic nitrogens is 1. The molecular formula is C15H23BrN2O3. The zero-order valence-corrected chi connectivity index (χ0v) is 14.4. The van der Waals surface area contributed by atoms with Gasteiger partial charge in [0.05, 0.1) is 7.11 Å². The minimum absolute atomic E-state index is 0.377. The molecule has 1 heterocycles. The number of amides is 1. The van der Waals surface area contributed by atoms with Gasteiger partial charge in [0, 0.05) is 11.8 Å². The highest BCUT2D eigenvalue weighted by molar-refractivity contribution is 9.10. The van der Waals surface area contributed by atoms with Crippen LogP contribution in [-0.4, -0.2) is 28.7 Å². The molecule has 0 bridgehead atoms. The number of carbonyl (C=O) groups is 1. The lowest BCUT2D eigenvalue weighted by molar-refractivity contribution is -0.135. The summed E-state index contributed by atoms with van der Waals surface area (Å²) in [6.45, 7) is 3.99. The van der Waals surface area contributed by atoms with Crippen molar-refractivity contribution < 1.29 is 14.6 Å². The van der Waals surface area contributed by atoms with Gasteiger partial charge in [0.15, 0.2) is 0 Å². The van der Waals surface area contributed by atoms with Crippen LogP contribution in [0.15, 0.2) is 16.7 Å². The summed E-state index contributed by atoms with van der Waals surface area (Å²) in [5.41, 5.74) is -0.780. The van der Waals surface area contributed by atoms with Crippen molar-refractivity contribution in [2.24, 2.45) is 0 Å². The zero-order chi connectivity index (χ0) is 15.9. The van der Waals surface area contributed by atoms with Crippen LogP contribution in [-0.2, 0) is 4.79 Å². The van der Waals surface area contributed by atoms with Crippen LogP contribution in [0.25, 0.3) is 0 Å². The predicted molar refractivity (Wildman–Crippen MR) is 86.5 cm³/mol. The van der Waals surface area contributed by atoms with Crippen LogP contribution < -0.4 is 10.1 Å². The Morgan fingerprint density at radius 2 is 2.10 bits per heavy atom. The Labute approximate surface area is 134 Å². The molecule has 1 rings (SSSR count). The summed E-state index contributed by atoms with van der Waals surface area (Å²) < 4.78 is 5.62. The van der Waals surface area contributed by atoms with Crippen LogP contribution in [0.3, 0.4) is 0 Å². The van der Waals surface area contributed by atoms with Gasteiger partial charge in [-0.2, -0.15) is 0 Å². The van der Waals surface area contributed by atoms with Crippen LogP contribution in [0.2, 0.25) is 0 Å². The number of ether oxygens (including phenoxy) is 1. The summed E-state index contributed by atoms with van der Waals surface area (Å²) >= 11 is 3.26. The molecule has 1 unspecified atom stereocenters. The molecule has 1 aromatic heterocycles. The second kappa shape index (κ2) is 8.34. The smallest absolute Gasteiger partial charge is 0.256 e. The van der Waals surface area contributed by atoms with Crippen molar-refractivity contribution in [1.82, 2.24) is 4.98 Å². The van der Waals surface area contributed by atoms with Gasteiger partial charge in [0.1, 0.15) is 10.2 Å². The summed E-state index contributed by atoms with van der Waals surface area (Å²) in [7, 11) is 1.51. The summed E-state index contributed by atoms with van der Waals surface area (Å²) in [6.07, 6.45) is 3.41. The first-order chi connectivity index (χ1) is 9.95. The fourth-order valence-electron chi connectivity index (χ4n) is 2.13. The maximum atomic E-state index is 12.4. The Morgan fingerprint density at radius 3 is 2.67 bits per heavy atom. The van der Waals surface area contributed by atoms with E-state index in [2.05, 4.69) is 26.2 Å². The Bertz CT molecular complexity index is 482. The molecule has 0 saturated carbocycles. The number of hydrogen-bond donors (Lipinski definition) is 2. The molecule has 1 amide bonds. The van der Waals surface area contributed by atoms with E-state index in [4.69, 9.17) is 4.74 Å². The summed E-state index contributed by atoms with van der Waals surface area (Å²) in [6, 6.07) is 3.29. The van der Waals surface area contributed by atoms with Crippen LogP contribution in [0.5, 0.6) is 5.88 Å². The predicted octanol–water partition coefficient (Wildman–Crippen LogP) is 3.51. The number of nitrogens with one attached hydrogen (secondary N) is 1. The van der Waals surface area contributed by atoms with Gasteiger partial charge in [-0.05, 0) is 34.8 Å². The molecule has 0 aliphatic carbocycles. The molecule has 0 radical (unpaired) electrons. The number of nitrogens with zero attached hydrogens (tertiary/aromatic N) is 1. The van der Waals surface area contributed by atoms with E-state index in [1.807, 2.05) is 13.8 Å². The van der Waals surface area contributed by atoms with Gasteiger partial charge in [0.2, 0.25) is 5.88 Å². The van der Waals surface area contributed by atoms with Crippen LogP contribution >= 0.6 is 15.9 Å². The third kappa shape index (κ3) is 5.28. The molecule has 118 valence electrons. The molecule has 0 aliphatic heterocycles. The SMILES string of the molecule is CCCCC(O)(CCC)C(=O)Nc1cc(Br)nc(OC)c1. The number of halogens is 1. The molecule has 6 heteroatoms. The fraction of sp³-hybridized carbons (Fsp3) is 0.600. The van der Waals surface area contributed by atoms with E-state index in [0.717, 1.165) is 19.3 Å². The molecular weight excluding hydrogens is 336 g/mol. The number of hydrogen-bond acceptors (Lipinski definition) is 4. The van der Waals surface area contributed by atoms with Crippen molar-refractivity contribution in [3.8, 4) is 5.88 Å². The van der Waals surface area contributed by atoms with Crippen LogP contribution in [0.1, 0.15) is 46.0 Å². The van der Waals surface area contributed by atoms with E-state index >= 15 is 0 Å². The first-order valence-electron chi connectivity index (χ1n) is 7.20. The van der Waals surface area contributed by atoms with Crippen molar-refractivity contribution in [3.05, 3.63) is 16.7 Å². The Morgan fingerprint density at radius 1 is 1.38 bits per heavy atom. The van der Waals surface area contributed by atoms with E-state index in [-0.39, 0.29) is 5.91 Å². The minimum atomic E-state index is -1.33. The van der Waals surface area contributed by atoms with Crippen molar-refractivity contribution in [1.29, 1.82) is 0 Å². The second-order valence-corrected chi connectivity index (χ2v) is 5.87. The van der Waals surface area contributed by atoms with Crippen molar-refractivity contribution in [2.45, 2.75) is 51.6 Å². The molecule has 0 aromatic carbocycles. The van der Waals surface area contributed by atoms with Gasteiger partial charge in [-0.15, -0.1) is 0 Å². The molecule has 0 aliphatic rings. The van der Waals surface area contributed by atoms with E-state index in [9.17, 15) is 9.90 Å². The van der Waals surface area contributed by atoms with Gasteiger partial charge < -0.3 is 15.2 Å². The summed E-state index contributed by atoms with van der Waals surface area (Å²) in [5, 5.41) is 13.4. The minimum Gasteiger partial charge on any atom is -0.481 e.